The summed E-state index contributed by atoms with van der Waals surface area (Å²) >= 11 is 1.87. The van der Waals surface area contributed by atoms with Gasteiger partial charge in [-0.25, -0.2) is 0 Å². The van der Waals surface area contributed by atoms with Gasteiger partial charge in [-0.3, -0.25) is 0 Å². The van der Waals surface area contributed by atoms with E-state index in [2.05, 4.69) is 73.7 Å². The van der Waals surface area contributed by atoms with Crippen LogP contribution in [-0.4, -0.2) is 0 Å². The molecule has 0 unspecified atom stereocenters. The zero-order valence-electron chi connectivity index (χ0n) is 12.0. The first-order valence-electron chi connectivity index (χ1n) is 7.27. The van der Waals surface area contributed by atoms with Gasteiger partial charge in [0.1, 0.15) is 0 Å². The summed E-state index contributed by atoms with van der Waals surface area (Å²) in [6, 6.07) is 15.5. The summed E-state index contributed by atoms with van der Waals surface area (Å²) in [5.41, 5.74) is 4.00. The first kappa shape index (κ1) is 12.6. The molecule has 1 aromatic heterocycles. The van der Waals surface area contributed by atoms with Crippen LogP contribution in [0.4, 0.5) is 0 Å². The lowest BCUT2D eigenvalue weighted by molar-refractivity contribution is 1.22. The lowest BCUT2D eigenvalue weighted by Gasteiger charge is -2.02. The maximum absolute atomic E-state index is 2.33. The van der Waals surface area contributed by atoms with E-state index in [0.717, 1.165) is 6.42 Å². The van der Waals surface area contributed by atoms with Crippen molar-refractivity contribution in [2.24, 2.45) is 0 Å². The maximum atomic E-state index is 2.33. The lowest BCUT2D eigenvalue weighted by atomic mass is 10.0. The van der Waals surface area contributed by atoms with Crippen molar-refractivity contribution >= 4 is 37.1 Å². The Balaban J connectivity index is 1.92. The van der Waals surface area contributed by atoms with Crippen molar-refractivity contribution in [3.8, 4) is 0 Å². The molecule has 0 bridgehead atoms. The zero-order valence-corrected chi connectivity index (χ0v) is 12.8. The summed E-state index contributed by atoms with van der Waals surface area (Å²) in [5.74, 6) is 0. The molecule has 1 heterocycles. The van der Waals surface area contributed by atoms with Crippen molar-refractivity contribution < 1.29 is 0 Å². The van der Waals surface area contributed by atoms with Crippen LogP contribution < -0.4 is 0 Å². The fourth-order valence-corrected chi connectivity index (χ4v) is 3.91. The minimum atomic E-state index is 1.05. The third kappa shape index (κ3) is 2.24. The minimum Gasteiger partial charge on any atom is -0.135 e. The molecule has 1 aliphatic rings. The van der Waals surface area contributed by atoms with Gasteiger partial charge in [0, 0.05) is 20.2 Å². The van der Waals surface area contributed by atoms with E-state index in [4.69, 9.17) is 0 Å². The van der Waals surface area contributed by atoms with Crippen LogP contribution in [0.3, 0.4) is 0 Å². The summed E-state index contributed by atoms with van der Waals surface area (Å²) in [6.45, 7) is 2.18. The fraction of sp³-hybridized carbons (Fsp3) is 0.100. The predicted molar refractivity (Wildman–Crippen MR) is 94.8 cm³/mol. The van der Waals surface area contributed by atoms with Crippen molar-refractivity contribution in [3.05, 3.63) is 77.9 Å². The van der Waals surface area contributed by atoms with Gasteiger partial charge in [0.2, 0.25) is 0 Å². The Morgan fingerprint density at radius 3 is 2.71 bits per heavy atom. The molecule has 0 aliphatic heterocycles. The van der Waals surface area contributed by atoms with Crippen molar-refractivity contribution in [1.29, 1.82) is 0 Å². The Bertz CT molecular complexity index is 919. The van der Waals surface area contributed by atoms with Crippen LogP contribution in [0.5, 0.6) is 0 Å². The first-order chi connectivity index (χ1) is 10.3. The number of benzene rings is 2. The average Bonchev–Trinajstić information content (AvgIpc) is 2.74. The van der Waals surface area contributed by atoms with Gasteiger partial charge in [0.25, 0.3) is 0 Å². The van der Waals surface area contributed by atoms with Crippen LogP contribution in [-0.2, 0) is 0 Å². The highest BCUT2D eigenvalue weighted by Crippen LogP contribution is 2.35. The normalized spacial score (nSPS) is 15.1. The second kappa shape index (κ2) is 5.01. The molecule has 0 saturated carbocycles. The van der Waals surface area contributed by atoms with E-state index in [1.807, 2.05) is 11.3 Å². The standard InChI is InChI=1S/C20H16S/c1-14-5-4-6-15(10-9-14)16-11-12-20-18(13-16)17-7-2-3-8-19(17)21-20/h2-4,6-13H,5H2,1H3. The molecule has 102 valence electrons. The van der Waals surface area contributed by atoms with Gasteiger partial charge in [-0.05, 0) is 42.7 Å². The average molecular weight is 288 g/mol. The van der Waals surface area contributed by atoms with Crippen LogP contribution in [0.25, 0.3) is 25.7 Å². The van der Waals surface area contributed by atoms with E-state index >= 15 is 0 Å². The molecule has 0 nitrogen and oxygen atoms in total. The molecule has 21 heavy (non-hydrogen) atoms. The minimum absolute atomic E-state index is 1.05. The highest BCUT2D eigenvalue weighted by Gasteiger charge is 2.07. The van der Waals surface area contributed by atoms with E-state index in [1.165, 1.54) is 36.9 Å². The Morgan fingerprint density at radius 1 is 0.905 bits per heavy atom. The SMILES string of the molecule is CC1=CC=C(c2ccc3sc4ccccc4c3c2)C=CC1. The van der Waals surface area contributed by atoms with Crippen molar-refractivity contribution in [2.75, 3.05) is 0 Å². The van der Waals surface area contributed by atoms with Crippen molar-refractivity contribution in [1.82, 2.24) is 0 Å². The second-order valence-corrected chi connectivity index (χ2v) is 6.63. The van der Waals surface area contributed by atoms with Crippen LogP contribution >= 0.6 is 11.3 Å². The summed E-state index contributed by atoms with van der Waals surface area (Å²) in [6.07, 6.45) is 9.99. The Labute approximate surface area is 128 Å². The molecule has 4 rings (SSSR count). The van der Waals surface area contributed by atoms with Gasteiger partial charge >= 0.3 is 0 Å². The van der Waals surface area contributed by atoms with Gasteiger partial charge in [-0.2, -0.15) is 0 Å². The number of thiophene rings is 1. The van der Waals surface area contributed by atoms with Gasteiger partial charge in [0.15, 0.2) is 0 Å². The highest BCUT2D eigenvalue weighted by molar-refractivity contribution is 7.25. The fourth-order valence-electron chi connectivity index (χ4n) is 2.83. The topological polar surface area (TPSA) is 0 Å². The first-order valence-corrected chi connectivity index (χ1v) is 8.08. The number of fused-ring (bicyclic) bond motifs is 3. The molecule has 2 aromatic carbocycles. The molecule has 0 atom stereocenters. The Kier molecular flexibility index (Phi) is 3.01. The van der Waals surface area contributed by atoms with E-state index in [1.54, 1.807) is 0 Å². The van der Waals surface area contributed by atoms with Crippen LogP contribution in [0.2, 0.25) is 0 Å². The maximum Gasteiger partial charge on any atom is 0.0355 e. The summed E-state index contributed by atoms with van der Waals surface area (Å²) in [4.78, 5) is 0. The molecule has 3 aromatic rings. The Morgan fingerprint density at radius 2 is 1.76 bits per heavy atom. The predicted octanol–water partition coefficient (Wildman–Crippen LogP) is 6.34. The third-order valence-electron chi connectivity index (χ3n) is 3.99. The molecule has 0 fully saturated rings. The highest BCUT2D eigenvalue weighted by atomic mass is 32.1. The van der Waals surface area contributed by atoms with Gasteiger partial charge in [-0.1, -0.05) is 54.1 Å². The van der Waals surface area contributed by atoms with Gasteiger partial charge in [-0.15, -0.1) is 11.3 Å². The van der Waals surface area contributed by atoms with Crippen LogP contribution in [0, 0.1) is 0 Å². The Hall–Kier alpha value is -2.12. The summed E-state index contributed by atoms with van der Waals surface area (Å²) in [7, 11) is 0. The molecule has 0 amide bonds. The van der Waals surface area contributed by atoms with E-state index in [9.17, 15) is 0 Å². The van der Waals surface area contributed by atoms with E-state index in [-0.39, 0.29) is 0 Å². The quantitative estimate of drug-likeness (QED) is 0.490. The molecular weight excluding hydrogens is 272 g/mol. The molecule has 0 radical (unpaired) electrons. The van der Waals surface area contributed by atoms with Gasteiger partial charge in [0.05, 0.1) is 0 Å². The zero-order chi connectivity index (χ0) is 14.2. The van der Waals surface area contributed by atoms with Gasteiger partial charge < -0.3 is 0 Å². The molecule has 0 saturated heterocycles. The smallest absolute Gasteiger partial charge is 0.0355 e. The largest absolute Gasteiger partial charge is 0.135 e. The van der Waals surface area contributed by atoms with Crippen LogP contribution in [0.15, 0.2) is 72.3 Å². The molecule has 1 heteroatoms. The number of hydrogen-bond acceptors (Lipinski definition) is 1. The number of rotatable bonds is 1. The molecule has 0 N–H and O–H groups in total. The molecule has 1 aliphatic carbocycles. The summed E-state index contributed by atoms with van der Waals surface area (Å²) in [5, 5.41) is 2.73. The van der Waals surface area contributed by atoms with E-state index < -0.39 is 0 Å². The number of allylic oxidation sites excluding steroid dienone is 6. The number of hydrogen-bond donors (Lipinski definition) is 0. The lowest BCUT2D eigenvalue weighted by Crippen LogP contribution is -1.79. The van der Waals surface area contributed by atoms with Crippen LogP contribution in [0.1, 0.15) is 18.9 Å². The van der Waals surface area contributed by atoms with Crippen molar-refractivity contribution in [2.45, 2.75) is 13.3 Å². The second-order valence-electron chi connectivity index (χ2n) is 5.55. The van der Waals surface area contributed by atoms with E-state index in [0.29, 0.717) is 0 Å². The molecule has 0 spiro atoms. The monoisotopic (exact) mass is 288 g/mol. The summed E-state index contributed by atoms with van der Waals surface area (Å²) < 4.78 is 2.73. The molecular formula is C20H16S. The van der Waals surface area contributed by atoms with Crippen molar-refractivity contribution in [3.63, 3.8) is 0 Å². The third-order valence-corrected chi connectivity index (χ3v) is 5.15.